The van der Waals surface area contributed by atoms with Crippen molar-refractivity contribution in [3.8, 4) is 5.75 Å². The maximum atomic E-state index is 12.8. The fourth-order valence-electron chi connectivity index (χ4n) is 3.31. The smallest absolute Gasteiger partial charge is 0.344 e. The minimum absolute atomic E-state index is 0.203. The van der Waals surface area contributed by atoms with Gasteiger partial charge in [0, 0.05) is 29.1 Å². The summed E-state index contributed by atoms with van der Waals surface area (Å²) in [5.41, 5.74) is 0.744. The number of para-hydroxylation sites is 1. The number of hydrogen-bond donors (Lipinski definition) is 1. The molecule has 2 aromatic carbocycles. The molecular weight excluding hydrogens is 485 g/mol. The molecule has 176 valence electrons. The first-order valence-corrected chi connectivity index (χ1v) is 12.1. The first-order chi connectivity index (χ1) is 15.8. The lowest BCUT2D eigenvalue weighted by Gasteiger charge is -2.27. The van der Waals surface area contributed by atoms with Crippen LogP contribution in [0.4, 0.5) is 0 Å². The number of hydrogen-bond acceptors (Lipinski definition) is 5. The van der Waals surface area contributed by atoms with Crippen molar-refractivity contribution >= 4 is 52.4 Å². The summed E-state index contributed by atoms with van der Waals surface area (Å²) in [6.45, 7) is 7.83. The van der Waals surface area contributed by atoms with Crippen molar-refractivity contribution in [3.63, 3.8) is 0 Å². The molecule has 1 amide bonds. The van der Waals surface area contributed by atoms with E-state index in [2.05, 4.69) is 6.58 Å². The number of carbonyl (C=O) groups excluding carboxylic acids is 1. The van der Waals surface area contributed by atoms with Crippen LogP contribution in [-0.2, 0) is 14.3 Å². The Hall–Kier alpha value is -2.19. The Kier molecular flexibility index (Phi) is 9.09. The van der Waals surface area contributed by atoms with Crippen LogP contribution in [0, 0.1) is 0 Å². The van der Waals surface area contributed by atoms with E-state index in [0.29, 0.717) is 60.2 Å². The molecular formula is C24H25Cl2NO5S. The van der Waals surface area contributed by atoms with Gasteiger partial charge in [-0.2, -0.15) is 0 Å². The molecule has 1 saturated heterocycles. The number of carbonyl (C=O) groups is 2. The molecule has 0 bridgehead atoms. The third-order valence-electron chi connectivity index (χ3n) is 5.09. The number of nitrogens with zero attached hydrogens (tertiary/aromatic N) is 1. The summed E-state index contributed by atoms with van der Waals surface area (Å²) in [5, 5.41) is 9.95. The molecule has 1 atom stereocenters. The van der Waals surface area contributed by atoms with Gasteiger partial charge in [0.15, 0.2) is 6.10 Å². The predicted octanol–water partition coefficient (Wildman–Crippen LogP) is 5.65. The highest BCUT2D eigenvalue weighted by Crippen LogP contribution is 2.43. The normalized spacial score (nSPS) is 14.6. The Labute approximate surface area is 207 Å². The summed E-state index contributed by atoms with van der Waals surface area (Å²) in [6.07, 6.45) is 0.143. The van der Waals surface area contributed by atoms with Gasteiger partial charge in [0.2, 0.25) is 0 Å². The third kappa shape index (κ3) is 6.23. The minimum atomic E-state index is -1.01. The summed E-state index contributed by atoms with van der Waals surface area (Å²) >= 11 is 14.4. The average molecular weight is 510 g/mol. The standard InChI is InChI=1S/C24H25Cl2NO5S/c1-3-6-18(24(29)30)32-17-7-4-5-8-19(17)33-20-10-9-16(21(25)22(20)26)15(2)23(28)27-11-13-31-14-12-27/h4-5,7-10,18H,2-3,6,11-14H2,1H3,(H,29,30). The van der Waals surface area contributed by atoms with Gasteiger partial charge < -0.3 is 19.5 Å². The van der Waals surface area contributed by atoms with E-state index >= 15 is 0 Å². The molecule has 1 fully saturated rings. The van der Waals surface area contributed by atoms with Crippen LogP contribution in [-0.4, -0.2) is 54.3 Å². The highest BCUT2D eigenvalue weighted by Gasteiger charge is 2.24. The second-order valence-electron chi connectivity index (χ2n) is 7.40. The molecule has 2 aromatic rings. The van der Waals surface area contributed by atoms with Crippen molar-refractivity contribution in [2.24, 2.45) is 0 Å². The lowest BCUT2D eigenvalue weighted by atomic mass is 10.1. The second kappa shape index (κ2) is 11.8. The van der Waals surface area contributed by atoms with Crippen LogP contribution >= 0.6 is 35.0 Å². The van der Waals surface area contributed by atoms with Crippen LogP contribution in [0.1, 0.15) is 25.3 Å². The summed E-state index contributed by atoms with van der Waals surface area (Å²) in [6, 6.07) is 10.6. The Balaban J connectivity index is 1.82. The van der Waals surface area contributed by atoms with E-state index in [1.165, 1.54) is 11.8 Å². The van der Waals surface area contributed by atoms with E-state index < -0.39 is 12.1 Å². The van der Waals surface area contributed by atoms with Gasteiger partial charge in [-0.25, -0.2) is 4.79 Å². The average Bonchev–Trinajstić information content (AvgIpc) is 2.82. The van der Waals surface area contributed by atoms with Gasteiger partial charge in [-0.05, 0) is 24.6 Å². The Morgan fingerprint density at radius 2 is 1.85 bits per heavy atom. The molecule has 0 aliphatic carbocycles. The van der Waals surface area contributed by atoms with Crippen molar-refractivity contribution in [3.05, 3.63) is 58.6 Å². The van der Waals surface area contributed by atoms with Gasteiger partial charge in [-0.1, -0.05) is 73.1 Å². The largest absolute Gasteiger partial charge is 0.479 e. The van der Waals surface area contributed by atoms with Crippen LogP contribution in [0.5, 0.6) is 5.75 Å². The van der Waals surface area contributed by atoms with Crippen molar-refractivity contribution in [2.45, 2.75) is 35.7 Å². The molecule has 1 N–H and O–H groups in total. The summed E-state index contributed by atoms with van der Waals surface area (Å²) in [7, 11) is 0. The molecule has 0 aromatic heterocycles. The van der Waals surface area contributed by atoms with E-state index in [0.717, 1.165) is 0 Å². The minimum Gasteiger partial charge on any atom is -0.479 e. The number of benzene rings is 2. The maximum absolute atomic E-state index is 12.8. The molecule has 0 radical (unpaired) electrons. The molecule has 3 rings (SSSR count). The van der Waals surface area contributed by atoms with Gasteiger partial charge in [0.25, 0.3) is 5.91 Å². The lowest BCUT2D eigenvalue weighted by Crippen LogP contribution is -2.40. The lowest BCUT2D eigenvalue weighted by molar-refractivity contribution is -0.145. The Morgan fingerprint density at radius 3 is 2.52 bits per heavy atom. The molecule has 1 unspecified atom stereocenters. The Morgan fingerprint density at radius 1 is 1.15 bits per heavy atom. The van der Waals surface area contributed by atoms with Crippen LogP contribution in [0.2, 0.25) is 10.0 Å². The van der Waals surface area contributed by atoms with Crippen LogP contribution in [0.3, 0.4) is 0 Å². The fourth-order valence-corrected chi connectivity index (χ4v) is 4.86. The zero-order valence-electron chi connectivity index (χ0n) is 18.2. The van der Waals surface area contributed by atoms with Crippen LogP contribution in [0.15, 0.2) is 52.8 Å². The van der Waals surface area contributed by atoms with Crippen molar-refractivity contribution in [2.75, 3.05) is 26.3 Å². The highest BCUT2D eigenvalue weighted by molar-refractivity contribution is 7.99. The van der Waals surface area contributed by atoms with Gasteiger partial charge in [-0.3, -0.25) is 4.79 Å². The SMILES string of the molecule is C=C(C(=O)N1CCOCC1)c1ccc(Sc2ccccc2OC(CCC)C(=O)O)c(Cl)c1Cl. The van der Waals surface area contributed by atoms with E-state index in [9.17, 15) is 14.7 Å². The molecule has 1 heterocycles. The Bertz CT molecular complexity index is 1040. The van der Waals surface area contributed by atoms with Gasteiger partial charge in [-0.15, -0.1) is 0 Å². The highest BCUT2D eigenvalue weighted by atomic mass is 35.5. The number of ether oxygens (including phenoxy) is 2. The molecule has 1 aliphatic rings. The van der Waals surface area contributed by atoms with Crippen LogP contribution < -0.4 is 4.74 Å². The third-order valence-corrected chi connectivity index (χ3v) is 7.20. The monoisotopic (exact) mass is 509 g/mol. The van der Waals surface area contributed by atoms with Gasteiger partial charge in [0.1, 0.15) is 5.75 Å². The molecule has 6 nitrogen and oxygen atoms in total. The topological polar surface area (TPSA) is 76.1 Å². The fraction of sp³-hybridized carbons (Fsp3) is 0.333. The molecule has 33 heavy (non-hydrogen) atoms. The summed E-state index contributed by atoms with van der Waals surface area (Å²) in [4.78, 5) is 27.3. The number of carboxylic acid groups (broad SMARTS) is 1. The predicted molar refractivity (Wildman–Crippen MR) is 130 cm³/mol. The number of carboxylic acids is 1. The summed E-state index contributed by atoms with van der Waals surface area (Å²) < 4.78 is 11.1. The molecule has 9 heteroatoms. The molecule has 0 spiro atoms. The number of amides is 1. The molecule has 1 aliphatic heterocycles. The maximum Gasteiger partial charge on any atom is 0.344 e. The van der Waals surface area contributed by atoms with E-state index in [4.69, 9.17) is 32.7 Å². The number of morpholine rings is 1. The summed E-state index contributed by atoms with van der Waals surface area (Å²) in [5.74, 6) is -0.761. The zero-order valence-corrected chi connectivity index (χ0v) is 20.5. The first kappa shape index (κ1) is 25.4. The van der Waals surface area contributed by atoms with Crippen molar-refractivity contribution < 1.29 is 24.2 Å². The second-order valence-corrected chi connectivity index (χ2v) is 9.24. The van der Waals surface area contributed by atoms with Gasteiger partial charge in [0.05, 0.1) is 28.2 Å². The number of halogens is 2. The number of rotatable bonds is 9. The first-order valence-electron chi connectivity index (χ1n) is 10.5. The number of aliphatic carboxylic acids is 1. The molecule has 0 saturated carbocycles. The van der Waals surface area contributed by atoms with E-state index in [1.807, 2.05) is 19.1 Å². The van der Waals surface area contributed by atoms with Crippen molar-refractivity contribution in [1.29, 1.82) is 0 Å². The van der Waals surface area contributed by atoms with Gasteiger partial charge >= 0.3 is 5.97 Å². The van der Waals surface area contributed by atoms with E-state index in [1.54, 1.807) is 29.2 Å². The zero-order chi connectivity index (χ0) is 24.0. The van der Waals surface area contributed by atoms with Crippen LogP contribution in [0.25, 0.3) is 5.57 Å². The van der Waals surface area contributed by atoms with E-state index in [-0.39, 0.29) is 21.5 Å². The van der Waals surface area contributed by atoms with Crippen molar-refractivity contribution in [1.82, 2.24) is 4.90 Å². The quantitative estimate of drug-likeness (QED) is 0.440.